The second-order valence-electron chi connectivity index (χ2n) is 5.22. The standard InChI is InChI=1S/C16H17N5O4S/c1-25-26(23,24)15-9-5-4-8-14(15)17-13-7-3-2-6-12(13)16-18-20-21(19-16)10-11-22/h2-9,17,22H,10-11H2,1H3. The van der Waals surface area contributed by atoms with Gasteiger partial charge in [-0.05, 0) is 29.5 Å². The van der Waals surface area contributed by atoms with E-state index >= 15 is 0 Å². The van der Waals surface area contributed by atoms with E-state index in [1.165, 1.54) is 10.9 Å². The molecule has 0 aliphatic rings. The lowest BCUT2D eigenvalue weighted by molar-refractivity contribution is 0.259. The van der Waals surface area contributed by atoms with Gasteiger partial charge in [-0.2, -0.15) is 13.2 Å². The van der Waals surface area contributed by atoms with Crippen molar-refractivity contribution in [2.75, 3.05) is 19.0 Å². The Morgan fingerprint density at radius 3 is 2.54 bits per heavy atom. The van der Waals surface area contributed by atoms with Gasteiger partial charge in [0.05, 0.1) is 25.9 Å². The number of nitrogens with zero attached hydrogens (tertiary/aromatic N) is 4. The maximum Gasteiger partial charge on any atom is 0.298 e. The van der Waals surface area contributed by atoms with Crippen LogP contribution in [0.4, 0.5) is 11.4 Å². The van der Waals surface area contributed by atoms with Gasteiger partial charge in [-0.1, -0.05) is 24.3 Å². The van der Waals surface area contributed by atoms with E-state index in [9.17, 15) is 8.42 Å². The van der Waals surface area contributed by atoms with E-state index < -0.39 is 10.1 Å². The summed E-state index contributed by atoms with van der Waals surface area (Å²) in [5, 5.41) is 24.1. The van der Waals surface area contributed by atoms with Gasteiger partial charge in [0.1, 0.15) is 4.90 Å². The normalized spacial score (nSPS) is 11.5. The molecule has 0 atom stereocenters. The average Bonchev–Trinajstić information content (AvgIpc) is 3.11. The fourth-order valence-corrected chi connectivity index (χ4v) is 3.16. The number of aromatic nitrogens is 4. The van der Waals surface area contributed by atoms with Crippen molar-refractivity contribution < 1.29 is 17.7 Å². The Bertz CT molecular complexity index is 1000. The molecule has 1 aromatic heterocycles. The second-order valence-corrected chi connectivity index (χ2v) is 6.90. The Morgan fingerprint density at radius 1 is 1.12 bits per heavy atom. The van der Waals surface area contributed by atoms with Crippen molar-refractivity contribution in [3.8, 4) is 11.4 Å². The van der Waals surface area contributed by atoms with E-state index in [1.54, 1.807) is 36.4 Å². The third-order valence-electron chi connectivity index (χ3n) is 3.57. The van der Waals surface area contributed by atoms with Gasteiger partial charge in [-0.25, -0.2) is 0 Å². The summed E-state index contributed by atoms with van der Waals surface area (Å²) in [4.78, 5) is 1.31. The van der Waals surface area contributed by atoms with Gasteiger partial charge in [0, 0.05) is 11.3 Å². The minimum Gasteiger partial charge on any atom is -0.394 e. The van der Waals surface area contributed by atoms with Crippen molar-refractivity contribution in [3.63, 3.8) is 0 Å². The van der Waals surface area contributed by atoms with Crippen LogP contribution in [0, 0.1) is 0 Å². The average molecular weight is 375 g/mol. The van der Waals surface area contributed by atoms with Crippen molar-refractivity contribution in [2.45, 2.75) is 11.4 Å². The molecule has 2 aromatic carbocycles. The van der Waals surface area contributed by atoms with Crippen LogP contribution >= 0.6 is 0 Å². The van der Waals surface area contributed by atoms with Crippen molar-refractivity contribution in [2.24, 2.45) is 0 Å². The smallest absolute Gasteiger partial charge is 0.298 e. The molecule has 26 heavy (non-hydrogen) atoms. The molecule has 0 radical (unpaired) electrons. The summed E-state index contributed by atoms with van der Waals surface area (Å²) >= 11 is 0. The predicted molar refractivity (Wildman–Crippen MR) is 94.3 cm³/mol. The van der Waals surface area contributed by atoms with Crippen LogP contribution in [0.2, 0.25) is 0 Å². The van der Waals surface area contributed by atoms with Crippen molar-refractivity contribution in [3.05, 3.63) is 48.5 Å². The van der Waals surface area contributed by atoms with E-state index in [0.717, 1.165) is 7.11 Å². The van der Waals surface area contributed by atoms with E-state index in [4.69, 9.17) is 5.11 Å². The highest BCUT2D eigenvalue weighted by Crippen LogP contribution is 2.31. The van der Waals surface area contributed by atoms with E-state index in [-0.39, 0.29) is 18.0 Å². The number of tetrazole rings is 1. The molecule has 0 aliphatic heterocycles. The zero-order chi connectivity index (χ0) is 18.6. The first kappa shape index (κ1) is 18.0. The first-order valence-electron chi connectivity index (χ1n) is 7.70. The molecule has 9 nitrogen and oxygen atoms in total. The summed E-state index contributed by atoms with van der Waals surface area (Å²) in [6, 6.07) is 13.6. The van der Waals surface area contributed by atoms with Gasteiger partial charge < -0.3 is 10.4 Å². The van der Waals surface area contributed by atoms with Crippen LogP contribution in [0.5, 0.6) is 0 Å². The van der Waals surface area contributed by atoms with E-state index in [2.05, 4.69) is 24.9 Å². The first-order valence-corrected chi connectivity index (χ1v) is 9.10. The topological polar surface area (TPSA) is 119 Å². The summed E-state index contributed by atoms with van der Waals surface area (Å²) in [6.45, 7) is 0.134. The largest absolute Gasteiger partial charge is 0.394 e. The quantitative estimate of drug-likeness (QED) is 0.595. The monoisotopic (exact) mass is 375 g/mol. The van der Waals surface area contributed by atoms with Crippen LogP contribution in [0.15, 0.2) is 53.4 Å². The molecule has 10 heteroatoms. The molecular weight excluding hydrogens is 358 g/mol. The summed E-state index contributed by atoms with van der Waals surface area (Å²) in [5.41, 5.74) is 1.61. The lowest BCUT2D eigenvalue weighted by Crippen LogP contribution is -2.07. The number of anilines is 2. The molecule has 136 valence electrons. The number of benzene rings is 2. The second kappa shape index (κ2) is 7.60. The number of nitrogens with one attached hydrogen (secondary N) is 1. The van der Waals surface area contributed by atoms with Gasteiger partial charge in [0.15, 0.2) is 0 Å². The number of rotatable bonds is 7. The van der Waals surface area contributed by atoms with Gasteiger partial charge in [-0.3, -0.25) is 4.18 Å². The lowest BCUT2D eigenvalue weighted by Gasteiger charge is -2.13. The molecule has 0 saturated carbocycles. The zero-order valence-electron chi connectivity index (χ0n) is 13.9. The highest BCUT2D eigenvalue weighted by Gasteiger charge is 2.19. The number of hydrogen-bond donors (Lipinski definition) is 2. The summed E-state index contributed by atoms with van der Waals surface area (Å²) in [6.07, 6.45) is 0. The lowest BCUT2D eigenvalue weighted by atomic mass is 10.1. The number of para-hydroxylation sites is 2. The molecule has 0 fully saturated rings. The number of hydrogen-bond acceptors (Lipinski definition) is 8. The summed E-state index contributed by atoms with van der Waals surface area (Å²) < 4.78 is 28.9. The third kappa shape index (κ3) is 3.72. The Kier molecular flexibility index (Phi) is 5.26. The van der Waals surface area contributed by atoms with Crippen LogP contribution in [0.1, 0.15) is 0 Å². The van der Waals surface area contributed by atoms with Gasteiger partial charge >= 0.3 is 0 Å². The Hall–Kier alpha value is -2.82. The molecule has 0 amide bonds. The molecule has 0 spiro atoms. The molecule has 3 rings (SSSR count). The maximum atomic E-state index is 12.1. The van der Waals surface area contributed by atoms with Crippen LogP contribution in [-0.2, 0) is 20.8 Å². The Labute approximate surface area is 150 Å². The Morgan fingerprint density at radius 2 is 1.81 bits per heavy atom. The molecule has 3 aromatic rings. The molecular formula is C16H17N5O4S. The highest BCUT2D eigenvalue weighted by molar-refractivity contribution is 7.87. The molecule has 0 unspecified atom stereocenters. The number of aliphatic hydroxyl groups excluding tert-OH is 1. The molecule has 1 heterocycles. The maximum absolute atomic E-state index is 12.1. The van der Waals surface area contributed by atoms with Crippen molar-refractivity contribution in [1.82, 2.24) is 20.2 Å². The molecule has 0 saturated heterocycles. The van der Waals surface area contributed by atoms with Crippen molar-refractivity contribution >= 4 is 21.5 Å². The van der Waals surface area contributed by atoms with Crippen LogP contribution < -0.4 is 5.32 Å². The fourth-order valence-electron chi connectivity index (χ4n) is 2.35. The molecule has 0 aliphatic carbocycles. The van der Waals surface area contributed by atoms with Crippen LogP contribution in [-0.4, -0.2) is 47.4 Å². The minimum atomic E-state index is -3.87. The van der Waals surface area contributed by atoms with Crippen LogP contribution in [0.3, 0.4) is 0 Å². The first-order chi connectivity index (χ1) is 12.5. The third-order valence-corrected chi connectivity index (χ3v) is 4.90. The molecule has 2 N–H and O–H groups in total. The summed E-state index contributed by atoms with van der Waals surface area (Å²) in [5.74, 6) is 0.355. The summed E-state index contributed by atoms with van der Waals surface area (Å²) in [7, 11) is -2.75. The fraction of sp³-hybridized carbons (Fsp3) is 0.188. The Balaban J connectivity index is 2.00. The minimum absolute atomic E-state index is 0.0224. The van der Waals surface area contributed by atoms with Gasteiger partial charge in [0.25, 0.3) is 10.1 Å². The predicted octanol–water partition coefficient (Wildman–Crippen LogP) is 1.41. The molecule has 0 bridgehead atoms. The highest BCUT2D eigenvalue weighted by atomic mass is 32.2. The van der Waals surface area contributed by atoms with Gasteiger partial charge in [-0.15, -0.1) is 10.2 Å². The van der Waals surface area contributed by atoms with E-state index in [0.29, 0.717) is 22.8 Å². The number of aliphatic hydroxyl groups is 1. The zero-order valence-corrected chi connectivity index (χ0v) is 14.7. The van der Waals surface area contributed by atoms with E-state index in [1.807, 2.05) is 6.07 Å². The van der Waals surface area contributed by atoms with Crippen molar-refractivity contribution in [1.29, 1.82) is 0 Å². The SMILES string of the molecule is COS(=O)(=O)c1ccccc1Nc1ccccc1-c1nnn(CCO)n1. The van der Waals surface area contributed by atoms with Gasteiger partial charge in [0.2, 0.25) is 5.82 Å². The van der Waals surface area contributed by atoms with Crippen LogP contribution in [0.25, 0.3) is 11.4 Å².